The minimum absolute atomic E-state index is 0.104. The molecule has 6 heteroatoms. The molecule has 0 spiro atoms. The average molecular weight is 490 g/mol. The molecule has 0 aliphatic heterocycles. The van der Waals surface area contributed by atoms with Gasteiger partial charge < -0.3 is 10.6 Å². The lowest BCUT2D eigenvalue weighted by Gasteiger charge is -2.26. The van der Waals surface area contributed by atoms with Crippen LogP contribution in [0.4, 0.5) is 11.4 Å². The highest BCUT2D eigenvalue weighted by Crippen LogP contribution is 2.49. The molecule has 2 aromatic rings. The van der Waals surface area contributed by atoms with Crippen molar-refractivity contribution in [2.75, 3.05) is 10.6 Å². The zero-order chi connectivity index (χ0) is 19.0. The van der Waals surface area contributed by atoms with Crippen LogP contribution in [0.5, 0.6) is 0 Å². The van der Waals surface area contributed by atoms with Crippen LogP contribution < -0.4 is 10.6 Å². The van der Waals surface area contributed by atoms with E-state index in [1.165, 1.54) is 0 Å². The summed E-state index contributed by atoms with van der Waals surface area (Å²) >= 11 is 6.91. The number of rotatable bonds is 4. The van der Waals surface area contributed by atoms with Gasteiger partial charge in [-0.2, -0.15) is 0 Å². The third kappa shape index (κ3) is 3.60. The molecule has 4 rings (SSSR count). The van der Waals surface area contributed by atoms with Crippen LogP contribution in [0.15, 0.2) is 69.6 Å². The van der Waals surface area contributed by atoms with Gasteiger partial charge in [-0.05, 0) is 74.4 Å². The Hall–Kier alpha value is -1.92. The Morgan fingerprint density at radius 1 is 0.741 bits per heavy atom. The topological polar surface area (TPSA) is 58.2 Å². The number of para-hydroxylation sites is 2. The number of fused-ring (bicyclic) bond motifs is 2. The lowest BCUT2D eigenvalue weighted by Crippen LogP contribution is -2.39. The fourth-order valence-electron chi connectivity index (χ4n) is 4.09. The molecule has 4 nitrogen and oxygen atoms in total. The van der Waals surface area contributed by atoms with Crippen molar-refractivity contribution < 1.29 is 9.59 Å². The molecule has 2 bridgehead atoms. The van der Waals surface area contributed by atoms with Gasteiger partial charge in [0.2, 0.25) is 11.8 Å². The summed E-state index contributed by atoms with van der Waals surface area (Å²) in [7, 11) is 0. The molecule has 4 atom stereocenters. The highest BCUT2D eigenvalue weighted by atomic mass is 79.9. The van der Waals surface area contributed by atoms with E-state index in [1.807, 2.05) is 48.5 Å². The van der Waals surface area contributed by atoms with Crippen LogP contribution in [0.3, 0.4) is 0 Å². The molecule has 138 valence electrons. The normalized spacial score (nSPS) is 25.4. The Balaban J connectivity index is 1.55. The van der Waals surface area contributed by atoms with Gasteiger partial charge in [0.15, 0.2) is 0 Å². The average Bonchev–Trinajstić information content (AvgIpc) is 3.27. The van der Waals surface area contributed by atoms with Gasteiger partial charge in [0, 0.05) is 8.95 Å². The molecule has 2 N–H and O–H groups in total. The fraction of sp³-hybridized carbons (Fsp3) is 0.238. The van der Waals surface area contributed by atoms with Gasteiger partial charge in [-0.15, -0.1) is 0 Å². The predicted octanol–water partition coefficient (Wildman–Crippen LogP) is 5.23. The van der Waals surface area contributed by atoms with Crippen LogP contribution in [-0.4, -0.2) is 11.8 Å². The van der Waals surface area contributed by atoms with Gasteiger partial charge in [-0.25, -0.2) is 0 Å². The van der Waals surface area contributed by atoms with E-state index in [0.717, 1.165) is 26.7 Å². The second kappa shape index (κ2) is 7.60. The number of amides is 2. The molecule has 0 saturated heterocycles. The number of carbonyl (C=O) groups is 2. The molecule has 27 heavy (non-hydrogen) atoms. The quantitative estimate of drug-likeness (QED) is 0.578. The lowest BCUT2D eigenvalue weighted by molar-refractivity contribution is -0.129. The summed E-state index contributed by atoms with van der Waals surface area (Å²) in [5.74, 6) is -0.735. The molecule has 0 unspecified atom stereocenters. The number of allylic oxidation sites excluding steroid dienone is 2. The van der Waals surface area contributed by atoms with E-state index in [1.54, 1.807) is 0 Å². The number of benzene rings is 2. The highest BCUT2D eigenvalue weighted by molar-refractivity contribution is 9.11. The van der Waals surface area contributed by atoms with Gasteiger partial charge in [-0.3, -0.25) is 9.59 Å². The number of carbonyl (C=O) groups excluding carboxylic acids is 2. The molecule has 2 aliphatic carbocycles. The van der Waals surface area contributed by atoms with Crippen molar-refractivity contribution in [1.29, 1.82) is 0 Å². The van der Waals surface area contributed by atoms with E-state index < -0.39 is 0 Å². The number of nitrogens with one attached hydrogen (secondary N) is 2. The Kier molecular flexibility index (Phi) is 5.19. The first-order valence-electron chi connectivity index (χ1n) is 8.83. The van der Waals surface area contributed by atoms with Crippen LogP contribution in [0.2, 0.25) is 0 Å². The van der Waals surface area contributed by atoms with E-state index in [0.29, 0.717) is 0 Å². The largest absolute Gasteiger partial charge is 0.325 e. The van der Waals surface area contributed by atoms with Crippen LogP contribution in [0.25, 0.3) is 0 Å². The van der Waals surface area contributed by atoms with E-state index in [9.17, 15) is 9.59 Å². The van der Waals surface area contributed by atoms with E-state index in [2.05, 4.69) is 54.6 Å². The number of hydrogen-bond acceptors (Lipinski definition) is 2. The van der Waals surface area contributed by atoms with Crippen LogP contribution in [0, 0.1) is 23.7 Å². The van der Waals surface area contributed by atoms with Gasteiger partial charge in [0.25, 0.3) is 0 Å². The molecule has 2 aliphatic rings. The first-order chi connectivity index (χ1) is 13.0. The van der Waals surface area contributed by atoms with Crippen molar-refractivity contribution >= 4 is 55.0 Å². The van der Waals surface area contributed by atoms with Crippen LogP contribution in [0.1, 0.15) is 6.42 Å². The first kappa shape index (κ1) is 18.4. The zero-order valence-electron chi connectivity index (χ0n) is 14.4. The molecular formula is C21H18Br2N2O2. The zero-order valence-corrected chi connectivity index (χ0v) is 17.5. The molecule has 2 amide bonds. The smallest absolute Gasteiger partial charge is 0.228 e. The van der Waals surface area contributed by atoms with Crippen molar-refractivity contribution in [3.8, 4) is 0 Å². The van der Waals surface area contributed by atoms with E-state index in [4.69, 9.17) is 0 Å². The summed E-state index contributed by atoms with van der Waals surface area (Å²) in [5.41, 5.74) is 1.44. The Labute approximate surface area is 174 Å². The Morgan fingerprint density at radius 2 is 1.15 bits per heavy atom. The van der Waals surface area contributed by atoms with Gasteiger partial charge >= 0.3 is 0 Å². The molecular weight excluding hydrogens is 472 g/mol. The summed E-state index contributed by atoms with van der Waals surface area (Å²) in [6.45, 7) is 0. The SMILES string of the molecule is O=C(Nc1ccccc1Br)[C@@H]1[C@H](C(=O)Nc2ccccc2Br)[C@@H]2C=C[C@H]1C2. The molecule has 1 fully saturated rings. The second-order valence-electron chi connectivity index (χ2n) is 6.94. The van der Waals surface area contributed by atoms with E-state index in [-0.39, 0.29) is 35.5 Å². The number of anilines is 2. The van der Waals surface area contributed by atoms with Crippen molar-refractivity contribution in [3.63, 3.8) is 0 Å². The number of hydrogen-bond donors (Lipinski definition) is 2. The van der Waals surface area contributed by atoms with Crippen molar-refractivity contribution in [2.45, 2.75) is 6.42 Å². The van der Waals surface area contributed by atoms with Crippen molar-refractivity contribution in [1.82, 2.24) is 0 Å². The van der Waals surface area contributed by atoms with Crippen molar-refractivity contribution in [2.24, 2.45) is 23.7 Å². The maximum atomic E-state index is 13.0. The highest BCUT2D eigenvalue weighted by Gasteiger charge is 2.51. The van der Waals surface area contributed by atoms with Gasteiger partial charge in [0.05, 0.1) is 23.2 Å². The second-order valence-corrected chi connectivity index (χ2v) is 8.65. The lowest BCUT2D eigenvalue weighted by atomic mass is 9.81. The molecule has 2 aromatic carbocycles. The van der Waals surface area contributed by atoms with Crippen LogP contribution in [-0.2, 0) is 9.59 Å². The standard InChI is InChI=1S/C21H18Br2N2O2/c22-14-5-1-3-7-16(14)24-20(26)18-12-9-10-13(11-12)19(18)21(27)25-17-8-4-2-6-15(17)23/h1-10,12-13,18-19H,11H2,(H,24,26)(H,25,27)/t12-,13+,18-,19+. The maximum absolute atomic E-state index is 13.0. The Morgan fingerprint density at radius 3 is 1.56 bits per heavy atom. The first-order valence-corrected chi connectivity index (χ1v) is 10.4. The van der Waals surface area contributed by atoms with Gasteiger partial charge in [0.1, 0.15) is 0 Å². The van der Waals surface area contributed by atoms with Crippen LogP contribution >= 0.6 is 31.9 Å². The molecule has 0 aromatic heterocycles. The predicted molar refractivity (Wildman–Crippen MR) is 113 cm³/mol. The molecule has 1 saturated carbocycles. The summed E-state index contributed by atoms with van der Waals surface area (Å²) in [5, 5.41) is 5.98. The molecule has 0 heterocycles. The third-order valence-corrected chi connectivity index (χ3v) is 6.71. The van der Waals surface area contributed by atoms with Gasteiger partial charge in [-0.1, -0.05) is 36.4 Å². The van der Waals surface area contributed by atoms with E-state index >= 15 is 0 Å². The number of halogens is 2. The maximum Gasteiger partial charge on any atom is 0.228 e. The summed E-state index contributed by atoms with van der Waals surface area (Å²) < 4.78 is 1.65. The summed E-state index contributed by atoms with van der Waals surface area (Å²) in [6, 6.07) is 15.0. The Bertz CT molecular complexity index is 854. The summed E-state index contributed by atoms with van der Waals surface area (Å²) in [6.07, 6.45) is 5.01. The fourth-order valence-corrected chi connectivity index (χ4v) is 4.86. The monoisotopic (exact) mass is 488 g/mol. The molecule has 0 radical (unpaired) electrons. The summed E-state index contributed by atoms with van der Waals surface area (Å²) in [4.78, 5) is 26.1. The minimum Gasteiger partial charge on any atom is -0.325 e. The minimum atomic E-state index is -0.366. The van der Waals surface area contributed by atoms with Crippen molar-refractivity contribution in [3.05, 3.63) is 69.6 Å². The third-order valence-electron chi connectivity index (χ3n) is 5.33.